The van der Waals surface area contributed by atoms with E-state index in [-0.39, 0.29) is 5.56 Å². The van der Waals surface area contributed by atoms with Gasteiger partial charge in [0.25, 0.3) is 5.91 Å². The van der Waals surface area contributed by atoms with E-state index in [0.29, 0.717) is 12.3 Å². The zero-order valence-corrected chi connectivity index (χ0v) is 9.60. The fourth-order valence-electron chi connectivity index (χ4n) is 1.69. The van der Waals surface area contributed by atoms with Gasteiger partial charge in [0.05, 0.1) is 11.8 Å². The average molecular weight is 252 g/mol. The second-order valence-corrected chi connectivity index (χ2v) is 4.44. The van der Waals surface area contributed by atoms with Crippen LogP contribution in [-0.4, -0.2) is 28.0 Å². The van der Waals surface area contributed by atoms with Gasteiger partial charge in [-0.2, -0.15) is 0 Å². The SMILES string of the molecule is O=C(N[C@@H](CC1CC1)C(=O)O)c1cncc(F)c1. The van der Waals surface area contributed by atoms with Gasteiger partial charge in [-0.3, -0.25) is 9.78 Å². The minimum Gasteiger partial charge on any atom is -0.480 e. The van der Waals surface area contributed by atoms with Crippen molar-refractivity contribution in [1.82, 2.24) is 10.3 Å². The molecule has 1 aromatic heterocycles. The average Bonchev–Trinajstić information content (AvgIpc) is 3.12. The molecule has 1 fully saturated rings. The molecule has 2 rings (SSSR count). The standard InChI is InChI=1S/C12H13FN2O3/c13-9-4-8(5-14-6-9)11(16)15-10(12(17)18)3-7-1-2-7/h4-7,10H,1-3H2,(H,15,16)(H,17,18)/t10-/m0/s1. The molecule has 1 amide bonds. The van der Waals surface area contributed by atoms with Crippen molar-refractivity contribution >= 4 is 11.9 Å². The van der Waals surface area contributed by atoms with Crippen LogP contribution in [0.15, 0.2) is 18.5 Å². The maximum atomic E-state index is 12.9. The van der Waals surface area contributed by atoms with Gasteiger partial charge in [0.1, 0.15) is 11.9 Å². The molecular formula is C12H13FN2O3. The Labute approximate surface area is 103 Å². The molecule has 2 N–H and O–H groups in total. The molecule has 0 bridgehead atoms. The maximum absolute atomic E-state index is 12.9. The second-order valence-electron chi connectivity index (χ2n) is 4.44. The van der Waals surface area contributed by atoms with Crippen molar-refractivity contribution in [2.45, 2.75) is 25.3 Å². The summed E-state index contributed by atoms with van der Waals surface area (Å²) in [5.74, 6) is -1.94. The number of hydrogen-bond donors (Lipinski definition) is 2. The summed E-state index contributed by atoms with van der Waals surface area (Å²) in [4.78, 5) is 26.3. The molecule has 0 unspecified atom stereocenters. The van der Waals surface area contributed by atoms with Crippen molar-refractivity contribution in [1.29, 1.82) is 0 Å². The van der Waals surface area contributed by atoms with E-state index in [2.05, 4.69) is 10.3 Å². The summed E-state index contributed by atoms with van der Waals surface area (Å²) >= 11 is 0. The Hall–Kier alpha value is -1.98. The third-order valence-electron chi connectivity index (χ3n) is 2.84. The first-order valence-electron chi connectivity index (χ1n) is 5.70. The number of nitrogens with one attached hydrogen (secondary N) is 1. The quantitative estimate of drug-likeness (QED) is 0.825. The van der Waals surface area contributed by atoms with Gasteiger partial charge in [-0.1, -0.05) is 12.8 Å². The third kappa shape index (κ3) is 3.26. The van der Waals surface area contributed by atoms with Crippen LogP contribution >= 0.6 is 0 Å². The van der Waals surface area contributed by atoms with E-state index < -0.39 is 23.7 Å². The minimum absolute atomic E-state index is 0.0250. The molecule has 18 heavy (non-hydrogen) atoms. The number of carbonyl (C=O) groups is 2. The highest BCUT2D eigenvalue weighted by molar-refractivity contribution is 5.96. The largest absolute Gasteiger partial charge is 0.480 e. The number of halogens is 1. The summed E-state index contributed by atoms with van der Waals surface area (Å²) in [6, 6.07) is 0.103. The number of pyridine rings is 1. The van der Waals surface area contributed by atoms with E-state index in [1.54, 1.807) is 0 Å². The Bertz CT molecular complexity index is 474. The number of amides is 1. The highest BCUT2D eigenvalue weighted by Crippen LogP contribution is 2.33. The summed E-state index contributed by atoms with van der Waals surface area (Å²) in [7, 11) is 0. The van der Waals surface area contributed by atoms with Gasteiger partial charge < -0.3 is 10.4 Å². The zero-order valence-electron chi connectivity index (χ0n) is 9.60. The molecule has 1 atom stereocenters. The molecule has 1 heterocycles. The van der Waals surface area contributed by atoms with Crippen LogP contribution in [0.1, 0.15) is 29.6 Å². The highest BCUT2D eigenvalue weighted by Gasteiger charge is 2.30. The molecule has 0 spiro atoms. The van der Waals surface area contributed by atoms with Gasteiger partial charge in [-0.25, -0.2) is 9.18 Å². The first kappa shape index (κ1) is 12.5. The van der Waals surface area contributed by atoms with Crippen molar-refractivity contribution < 1.29 is 19.1 Å². The molecule has 0 aliphatic heterocycles. The van der Waals surface area contributed by atoms with Crippen molar-refractivity contribution in [3.63, 3.8) is 0 Å². The molecule has 0 saturated heterocycles. The molecule has 1 saturated carbocycles. The number of carbonyl (C=O) groups excluding carboxylic acids is 1. The van der Waals surface area contributed by atoms with Crippen molar-refractivity contribution in [3.05, 3.63) is 29.8 Å². The van der Waals surface area contributed by atoms with Crippen LogP contribution in [0.4, 0.5) is 4.39 Å². The Kier molecular flexibility index (Phi) is 3.55. The Morgan fingerprint density at radius 1 is 1.50 bits per heavy atom. The lowest BCUT2D eigenvalue weighted by atomic mass is 10.1. The number of carboxylic acids is 1. The Morgan fingerprint density at radius 3 is 2.78 bits per heavy atom. The fraction of sp³-hybridized carbons (Fsp3) is 0.417. The smallest absolute Gasteiger partial charge is 0.326 e. The van der Waals surface area contributed by atoms with Gasteiger partial charge in [0, 0.05) is 6.20 Å². The summed E-state index contributed by atoms with van der Waals surface area (Å²) in [5.41, 5.74) is 0.0250. The van der Waals surface area contributed by atoms with Gasteiger partial charge in [0.2, 0.25) is 0 Å². The van der Waals surface area contributed by atoms with Gasteiger partial charge in [-0.15, -0.1) is 0 Å². The lowest BCUT2D eigenvalue weighted by molar-refractivity contribution is -0.139. The van der Waals surface area contributed by atoms with E-state index in [1.165, 1.54) is 6.20 Å². The maximum Gasteiger partial charge on any atom is 0.326 e. The predicted octanol–water partition coefficient (Wildman–Crippen LogP) is 1.20. The van der Waals surface area contributed by atoms with E-state index in [0.717, 1.165) is 25.1 Å². The monoisotopic (exact) mass is 252 g/mol. The number of aliphatic carboxylic acids is 1. The lowest BCUT2D eigenvalue weighted by Crippen LogP contribution is -2.41. The van der Waals surface area contributed by atoms with Crippen LogP contribution < -0.4 is 5.32 Å². The summed E-state index contributed by atoms with van der Waals surface area (Å²) in [6.07, 6.45) is 4.61. The molecule has 0 aromatic carbocycles. The van der Waals surface area contributed by atoms with Gasteiger partial charge >= 0.3 is 5.97 Å². The van der Waals surface area contributed by atoms with E-state index in [1.807, 2.05) is 0 Å². The molecule has 1 aliphatic carbocycles. The number of rotatable bonds is 5. The van der Waals surface area contributed by atoms with Crippen LogP contribution in [-0.2, 0) is 4.79 Å². The number of nitrogens with zero attached hydrogens (tertiary/aromatic N) is 1. The summed E-state index contributed by atoms with van der Waals surface area (Å²) in [5, 5.41) is 11.4. The molecule has 1 aliphatic rings. The molecule has 96 valence electrons. The van der Waals surface area contributed by atoms with Crippen LogP contribution in [0.2, 0.25) is 0 Å². The molecule has 1 aromatic rings. The summed E-state index contributed by atoms with van der Waals surface area (Å²) < 4.78 is 12.9. The zero-order chi connectivity index (χ0) is 13.1. The first-order chi connectivity index (χ1) is 8.56. The summed E-state index contributed by atoms with van der Waals surface area (Å²) in [6.45, 7) is 0. The fourth-order valence-corrected chi connectivity index (χ4v) is 1.69. The molecule has 0 radical (unpaired) electrons. The molecule has 5 nitrogen and oxygen atoms in total. The molecular weight excluding hydrogens is 239 g/mol. The Morgan fingerprint density at radius 2 is 2.22 bits per heavy atom. The second kappa shape index (κ2) is 5.12. The highest BCUT2D eigenvalue weighted by atomic mass is 19.1. The van der Waals surface area contributed by atoms with Crippen LogP contribution in [0, 0.1) is 11.7 Å². The number of hydrogen-bond acceptors (Lipinski definition) is 3. The van der Waals surface area contributed by atoms with Gasteiger partial charge in [0.15, 0.2) is 0 Å². The van der Waals surface area contributed by atoms with Crippen molar-refractivity contribution in [2.24, 2.45) is 5.92 Å². The minimum atomic E-state index is -1.07. The van der Waals surface area contributed by atoms with E-state index >= 15 is 0 Å². The van der Waals surface area contributed by atoms with Gasteiger partial charge in [-0.05, 0) is 18.4 Å². The Balaban J connectivity index is 2.01. The topological polar surface area (TPSA) is 79.3 Å². The van der Waals surface area contributed by atoms with Crippen LogP contribution in [0.5, 0.6) is 0 Å². The van der Waals surface area contributed by atoms with Crippen molar-refractivity contribution in [3.8, 4) is 0 Å². The number of carboxylic acid groups (broad SMARTS) is 1. The van der Waals surface area contributed by atoms with Crippen LogP contribution in [0.25, 0.3) is 0 Å². The normalized spacial score (nSPS) is 16.1. The first-order valence-corrected chi connectivity index (χ1v) is 5.70. The van der Waals surface area contributed by atoms with Crippen LogP contribution in [0.3, 0.4) is 0 Å². The molecule has 6 heteroatoms. The van der Waals surface area contributed by atoms with E-state index in [9.17, 15) is 14.0 Å². The van der Waals surface area contributed by atoms with E-state index in [4.69, 9.17) is 5.11 Å². The number of aromatic nitrogens is 1. The lowest BCUT2D eigenvalue weighted by Gasteiger charge is -2.13. The third-order valence-corrected chi connectivity index (χ3v) is 2.84. The predicted molar refractivity (Wildman–Crippen MR) is 60.4 cm³/mol. The van der Waals surface area contributed by atoms with Crippen molar-refractivity contribution in [2.75, 3.05) is 0 Å².